The van der Waals surface area contributed by atoms with Crippen molar-refractivity contribution in [2.45, 2.75) is 39.8 Å². The summed E-state index contributed by atoms with van der Waals surface area (Å²) in [4.78, 5) is 0. The van der Waals surface area contributed by atoms with E-state index >= 15 is 0 Å². The number of hydrogen-bond donors (Lipinski definition) is 0. The molecule has 0 aliphatic heterocycles. The molecule has 20 heavy (non-hydrogen) atoms. The molecule has 8 heteroatoms. The van der Waals surface area contributed by atoms with Crippen molar-refractivity contribution < 1.29 is 26.3 Å². The molecule has 0 unspecified atom stereocenters. The van der Waals surface area contributed by atoms with E-state index in [0.29, 0.717) is 13.1 Å². The Morgan fingerprint density at radius 1 is 1.25 bits per heavy atom. The van der Waals surface area contributed by atoms with Crippen molar-refractivity contribution >= 4 is 10.0 Å². The van der Waals surface area contributed by atoms with E-state index in [0.717, 1.165) is 12.8 Å². The minimum Gasteiger partial charge on any atom is -0.371 e. The molecule has 0 radical (unpaired) electrons. The quantitative estimate of drug-likeness (QED) is 0.582. The maximum absolute atomic E-state index is 12.1. The highest BCUT2D eigenvalue weighted by molar-refractivity contribution is 7.89. The molecule has 4 nitrogen and oxygen atoms in total. The average Bonchev–Trinajstić information content (AvgIpc) is 2.28. The minimum atomic E-state index is -4.43. The third-order valence-corrected chi connectivity index (χ3v) is 4.28. The van der Waals surface area contributed by atoms with Crippen LogP contribution in [0.4, 0.5) is 13.2 Å². The molecule has 0 aromatic rings. The van der Waals surface area contributed by atoms with Gasteiger partial charge in [-0.15, -0.1) is 0 Å². The normalized spacial score (nSPS) is 13.4. The molecule has 0 spiro atoms. The van der Waals surface area contributed by atoms with Gasteiger partial charge >= 0.3 is 6.18 Å². The third-order valence-electron chi connectivity index (χ3n) is 2.47. The lowest BCUT2D eigenvalue weighted by atomic mass is 10.2. The van der Waals surface area contributed by atoms with Crippen molar-refractivity contribution in [3.8, 4) is 0 Å². The predicted molar refractivity (Wildman–Crippen MR) is 72.0 cm³/mol. The van der Waals surface area contributed by atoms with Crippen LogP contribution in [-0.2, 0) is 14.8 Å². The number of unbranched alkanes of at least 4 members (excludes halogenated alkanes) is 1. The van der Waals surface area contributed by atoms with Crippen molar-refractivity contribution in [2.75, 3.05) is 32.1 Å². The van der Waals surface area contributed by atoms with Gasteiger partial charge in [0.2, 0.25) is 10.0 Å². The van der Waals surface area contributed by atoms with Crippen LogP contribution in [0.2, 0.25) is 0 Å². The molecule has 0 bridgehead atoms. The van der Waals surface area contributed by atoms with E-state index in [4.69, 9.17) is 0 Å². The number of ether oxygens (including phenoxy) is 1. The molecule has 0 aromatic heterocycles. The zero-order chi connectivity index (χ0) is 15.8. The summed E-state index contributed by atoms with van der Waals surface area (Å²) in [6.45, 7) is 4.66. The van der Waals surface area contributed by atoms with Crippen LogP contribution in [0, 0.1) is 5.92 Å². The summed E-state index contributed by atoms with van der Waals surface area (Å²) < 4.78 is 65.5. The first kappa shape index (κ1) is 19.7. The smallest absolute Gasteiger partial charge is 0.371 e. The molecule has 0 saturated heterocycles. The van der Waals surface area contributed by atoms with Crippen LogP contribution in [0.15, 0.2) is 0 Å². The fourth-order valence-corrected chi connectivity index (χ4v) is 3.09. The van der Waals surface area contributed by atoms with Crippen LogP contribution in [0.1, 0.15) is 33.6 Å². The van der Waals surface area contributed by atoms with Crippen LogP contribution in [0.25, 0.3) is 0 Å². The molecule has 0 saturated carbocycles. The van der Waals surface area contributed by atoms with Crippen LogP contribution < -0.4 is 0 Å². The number of hydrogen-bond acceptors (Lipinski definition) is 3. The Morgan fingerprint density at radius 2 is 1.85 bits per heavy atom. The van der Waals surface area contributed by atoms with E-state index in [9.17, 15) is 21.6 Å². The lowest BCUT2D eigenvalue weighted by molar-refractivity contribution is -0.172. The Bertz CT molecular complexity index is 355. The van der Waals surface area contributed by atoms with Gasteiger partial charge in [-0.25, -0.2) is 12.7 Å². The zero-order valence-electron chi connectivity index (χ0n) is 12.2. The summed E-state index contributed by atoms with van der Waals surface area (Å²) in [7, 11) is -3.57. The zero-order valence-corrected chi connectivity index (χ0v) is 13.1. The topological polar surface area (TPSA) is 46.6 Å². The SMILES string of the molecule is CCCCN(CC(C)C)S(=O)(=O)CCOCC(F)(F)F. The first-order valence-electron chi connectivity index (χ1n) is 6.70. The highest BCUT2D eigenvalue weighted by Crippen LogP contribution is 2.15. The van der Waals surface area contributed by atoms with Gasteiger partial charge in [-0.3, -0.25) is 0 Å². The van der Waals surface area contributed by atoms with Crippen molar-refractivity contribution in [2.24, 2.45) is 5.92 Å². The van der Waals surface area contributed by atoms with Crippen molar-refractivity contribution in [1.82, 2.24) is 4.31 Å². The van der Waals surface area contributed by atoms with Crippen molar-refractivity contribution in [3.05, 3.63) is 0 Å². The summed E-state index contributed by atoms with van der Waals surface area (Å²) in [5, 5.41) is 0. The first-order valence-corrected chi connectivity index (χ1v) is 8.31. The van der Waals surface area contributed by atoms with Gasteiger partial charge in [0, 0.05) is 13.1 Å². The van der Waals surface area contributed by atoms with Gasteiger partial charge in [-0.2, -0.15) is 13.2 Å². The molecule has 122 valence electrons. The standard InChI is InChI=1S/C12H24F3NO3S/c1-4-5-6-16(9-11(2)3)20(17,18)8-7-19-10-12(13,14)15/h11H,4-10H2,1-3H3. The minimum absolute atomic E-state index is 0.165. The van der Waals surface area contributed by atoms with Gasteiger partial charge in [0.15, 0.2) is 0 Å². The summed E-state index contributed by atoms with van der Waals surface area (Å²) in [5.74, 6) is -0.253. The largest absolute Gasteiger partial charge is 0.411 e. The number of rotatable bonds is 10. The Kier molecular flexibility index (Phi) is 8.69. The van der Waals surface area contributed by atoms with E-state index in [1.807, 2.05) is 20.8 Å². The fraction of sp³-hybridized carbons (Fsp3) is 1.00. The van der Waals surface area contributed by atoms with E-state index < -0.39 is 35.2 Å². The lowest BCUT2D eigenvalue weighted by Crippen LogP contribution is -2.38. The molecular weight excluding hydrogens is 295 g/mol. The fourth-order valence-electron chi connectivity index (χ4n) is 1.57. The van der Waals surface area contributed by atoms with Gasteiger partial charge in [-0.1, -0.05) is 27.2 Å². The second-order valence-corrected chi connectivity index (χ2v) is 7.18. The molecule has 0 aromatic carbocycles. The molecule has 0 rings (SSSR count). The van der Waals surface area contributed by atoms with Crippen LogP contribution in [0.5, 0.6) is 0 Å². The van der Waals surface area contributed by atoms with Gasteiger partial charge in [0.25, 0.3) is 0 Å². The number of alkyl halides is 3. The summed E-state index contributed by atoms with van der Waals surface area (Å²) in [6, 6.07) is 0. The summed E-state index contributed by atoms with van der Waals surface area (Å²) >= 11 is 0. The molecule has 0 aliphatic carbocycles. The van der Waals surface area contributed by atoms with Crippen molar-refractivity contribution in [1.29, 1.82) is 0 Å². The number of sulfonamides is 1. The molecule has 0 aliphatic rings. The predicted octanol–water partition coefficient (Wildman–Crippen LogP) is 2.65. The second-order valence-electron chi connectivity index (χ2n) is 5.09. The Morgan fingerprint density at radius 3 is 2.30 bits per heavy atom. The first-order chi connectivity index (χ1) is 9.08. The molecule has 0 atom stereocenters. The van der Waals surface area contributed by atoms with E-state index in [1.54, 1.807) is 0 Å². The van der Waals surface area contributed by atoms with Crippen LogP contribution >= 0.6 is 0 Å². The number of nitrogens with zero attached hydrogens (tertiary/aromatic N) is 1. The highest BCUT2D eigenvalue weighted by Gasteiger charge is 2.28. The van der Waals surface area contributed by atoms with Gasteiger partial charge < -0.3 is 4.74 Å². The molecule has 0 fully saturated rings. The van der Waals surface area contributed by atoms with E-state index in [1.165, 1.54) is 4.31 Å². The third kappa shape index (κ3) is 9.55. The molecule has 0 amide bonds. The maximum Gasteiger partial charge on any atom is 0.411 e. The van der Waals surface area contributed by atoms with Crippen LogP contribution in [0.3, 0.4) is 0 Å². The van der Waals surface area contributed by atoms with Gasteiger partial charge in [0.05, 0.1) is 12.4 Å². The highest BCUT2D eigenvalue weighted by atomic mass is 32.2. The van der Waals surface area contributed by atoms with Crippen LogP contribution in [-0.4, -0.2) is 51.0 Å². The maximum atomic E-state index is 12.1. The lowest BCUT2D eigenvalue weighted by Gasteiger charge is -2.23. The van der Waals surface area contributed by atoms with Crippen molar-refractivity contribution in [3.63, 3.8) is 0 Å². The van der Waals surface area contributed by atoms with Gasteiger partial charge in [-0.05, 0) is 12.3 Å². The van der Waals surface area contributed by atoms with E-state index in [-0.39, 0.29) is 5.92 Å². The number of halogens is 3. The monoisotopic (exact) mass is 319 g/mol. The molecule has 0 N–H and O–H groups in total. The molecular formula is C12H24F3NO3S. The van der Waals surface area contributed by atoms with Gasteiger partial charge in [0.1, 0.15) is 6.61 Å². The summed E-state index contributed by atoms with van der Waals surface area (Å²) in [5.41, 5.74) is 0. The Hall–Kier alpha value is -0.340. The Labute approximate surface area is 119 Å². The second kappa shape index (κ2) is 8.84. The Balaban J connectivity index is 4.38. The summed E-state index contributed by atoms with van der Waals surface area (Å²) in [6.07, 6.45) is -2.84. The van der Waals surface area contributed by atoms with E-state index in [2.05, 4.69) is 4.74 Å². The average molecular weight is 319 g/mol. The molecule has 0 heterocycles.